The highest BCUT2D eigenvalue weighted by Gasteiger charge is 2.28. The van der Waals surface area contributed by atoms with Crippen molar-refractivity contribution in [2.24, 2.45) is 0 Å². The zero-order chi connectivity index (χ0) is 14.5. The normalized spacial score (nSPS) is 12.8. The summed E-state index contributed by atoms with van der Waals surface area (Å²) in [6, 6.07) is 2.47. The van der Waals surface area contributed by atoms with E-state index in [0.717, 1.165) is 4.21 Å². The van der Waals surface area contributed by atoms with Crippen LogP contribution >= 0.6 is 23.1 Å². The van der Waals surface area contributed by atoms with E-state index in [-0.39, 0.29) is 0 Å². The number of carbonyl (C=O) groups excluding carboxylic acids is 2. The fourth-order valence-corrected chi connectivity index (χ4v) is 2.94. The van der Waals surface area contributed by atoms with E-state index in [0.29, 0.717) is 0 Å². The first-order valence-corrected chi connectivity index (χ1v) is 6.89. The summed E-state index contributed by atoms with van der Waals surface area (Å²) in [6.07, 6.45) is -4.50. The van der Waals surface area contributed by atoms with Gasteiger partial charge in [-0.1, -0.05) is 6.07 Å². The Hall–Kier alpha value is -1.22. The van der Waals surface area contributed by atoms with Crippen molar-refractivity contribution >= 4 is 35.0 Å². The molecule has 19 heavy (non-hydrogen) atoms. The third kappa shape index (κ3) is 6.48. The lowest BCUT2D eigenvalue weighted by Gasteiger charge is -2.12. The molecule has 0 bridgehead atoms. The molecular weight excluding hydrogens is 301 g/mol. The van der Waals surface area contributed by atoms with Crippen molar-refractivity contribution in [3.05, 3.63) is 17.5 Å². The Balaban J connectivity index is 2.35. The summed E-state index contributed by atoms with van der Waals surface area (Å²) in [7, 11) is 0. The molecule has 0 saturated heterocycles. The summed E-state index contributed by atoms with van der Waals surface area (Å²) >= 11 is 2.66. The Morgan fingerprint density at radius 2 is 2.16 bits per heavy atom. The van der Waals surface area contributed by atoms with Crippen molar-refractivity contribution in [1.82, 2.24) is 10.6 Å². The smallest absolute Gasteiger partial charge is 0.329 e. The third-order valence-electron chi connectivity index (χ3n) is 1.84. The van der Waals surface area contributed by atoms with Crippen LogP contribution in [0.4, 0.5) is 18.0 Å². The fourth-order valence-electron chi connectivity index (χ4n) is 0.997. The molecule has 1 atom stereocenters. The fraction of sp³-hybridized carbons (Fsp3) is 0.400. The molecule has 1 heterocycles. The molecule has 0 aliphatic carbocycles. The van der Waals surface area contributed by atoms with Gasteiger partial charge in [-0.15, -0.1) is 23.1 Å². The SMILES string of the molecule is CC(Sc1cccs1)C(=O)NC(=O)NCC(F)(F)F. The molecule has 0 aromatic carbocycles. The van der Waals surface area contributed by atoms with Gasteiger partial charge in [-0.2, -0.15) is 13.2 Å². The monoisotopic (exact) mass is 312 g/mol. The van der Waals surface area contributed by atoms with Gasteiger partial charge in [-0.3, -0.25) is 10.1 Å². The summed E-state index contributed by atoms with van der Waals surface area (Å²) in [4.78, 5) is 22.6. The minimum Gasteiger partial charge on any atom is -0.329 e. The lowest BCUT2D eigenvalue weighted by atomic mass is 10.4. The molecule has 1 rings (SSSR count). The van der Waals surface area contributed by atoms with Crippen molar-refractivity contribution < 1.29 is 22.8 Å². The van der Waals surface area contributed by atoms with Crippen LogP contribution in [0.3, 0.4) is 0 Å². The number of rotatable bonds is 4. The predicted octanol–water partition coefficient (Wildman–Crippen LogP) is 2.62. The number of thiophene rings is 1. The standard InChI is InChI=1S/C10H11F3N2O2S2/c1-6(19-7-3-2-4-18-7)8(16)15-9(17)14-5-10(11,12)13/h2-4,6H,5H2,1H3,(H2,14,15,16,17). The van der Waals surface area contributed by atoms with Crippen LogP contribution in [0.5, 0.6) is 0 Å². The maximum atomic E-state index is 11.8. The van der Waals surface area contributed by atoms with Gasteiger partial charge in [0.2, 0.25) is 5.91 Å². The maximum Gasteiger partial charge on any atom is 0.405 e. The van der Waals surface area contributed by atoms with E-state index in [4.69, 9.17) is 0 Å². The highest BCUT2D eigenvalue weighted by Crippen LogP contribution is 2.27. The maximum absolute atomic E-state index is 11.8. The second-order valence-corrected chi connectivity index (χ2v) is 6.07. The van der Waals surface area contributed by atoms with Gasteiger partial charge in [0.25, 0.3) is 0 Å². The van der Waals surface area contributed by atoms with Crippen molar-refractivity contribution in [2.45, 2.75) is 22.6 Å². The highest BCUT2D eigenvalue weighted by molar-refractivity contribution is 8.02. The number of hydrogen-bond donors (Lipinski definition) is 2. The van der Waals surface area contributed by atoms with Gasteiger partial charge >= 0.3 is 12.2 Å². The second-order valence-electron chi connectivity index (χ2n) is 3.48. The van der Waals surface area contributed by atoms with Crippen LogP contribution in [0.1, 0.15) is 6.92 Å². The average Bonchev–Trinajstić information content (AvgIpc) is 2.78. The van der Waals surface area contributed by atoms with Crippen LogP contribution in [0, 0.1) is 0 Å². The molecule has 2 N–H and O–H groups in total. The minimum atomic E-state index is -4.50. The topological polar surface area (TPSA) is 58.2 Å². The van der Waals surface area contributed by atoms with Crippen molar-refractivity contribution in [2.75, 3.05) is 6.54 Å². The van der Waals surface area contributed by atoms with Gasteiger partial charge in [0.05, 0.1) is 9.46 Å². The number of thioether (sulfide) groups is 1. The van der Waals surface area contributed by atoms with Crippen molar-refractivity contribution in [3.8, 4) is 0 Å². The molecule has 4 nitrogen and oxygen atoms in total. The number of halogens is 3. The highest BCUT2D eigenvalue weighted by atomic mass is 32.2. The van der Waals surface area contributed by atoms with Crippen LogP contribution in [-0.4, -0.2) is 29.9 Å². The summed E-state index contributed by atoms with van der Waals surface area (Å²) in [6.45, 7) is 0.0926. The first-order chi connectivity index (χ1) is 8.78. The number of carbonyl (C=O) groups is 2. The second kappa shape index (κ2) is 6.80. The molecule has 0 aliphatic rings. The first-order valence-electron chi connectivity index (χ1n) is 5.13. The lowest BCUT2D eigenvalue weighted by molar-refractivity contribution is -0.124. The van der Waals surface area contributed by atoms with Gasteiger partial charge in [0.15, 0.2) is 0 Å². The molecule has 0 fully saturated rings. The first kappa shape index (κ1) is 15.8. The summed E-state index contributed by atoms with van der Waals surface area (Å²) in [5, 5.41) is 4.69. The van der Waals surface area contributed by atoms with Crippen LogP contribution in [0.15, 0.2) is 21.7 Å². The van der Waals surface area contributed by atoms with E-state index >= 15 is 0 Å². The molecule has 106 valence electrons. The number of urea groups is 1. The molecular formula is C10H11F3N2O2S2. The quantitative estimate of drug-likeness (QED) is 0.840. The number of nitrogens with one attached hydrogen (secondary N) is 2. The Morgan fingerprint density at radius 1 is 1.47 bits per heavy atom. The summed E-state index contributed by atoms with van der Waals surface area (Å²) < 4.78 is 36.4. The molecule has 9 heteroatoms. The number of amides is 3. The van der Waals surface area contributed by atoms with Gasteiger partial charge in [0, 0.05) is 0 Å². The molecule has 0 aliphatic heterocycles. The van der Waals surface area contributed by atoms with E-state index in [9.17, 15) is 22.8 Å². The van der Waals surface area contributed by atoms with E-state index in [1.807, 2.05) is 22.8 Å². The number of hydrogen-bond acceptors (Lipinski definition) is 4. The largest absolute Gasteiger partial charge is 0.405 e. The average molecular weight is 312 g/mol. The molecule has 3 amide bonds. The van der Waals surface area contributed by atoms with Gasteiger partial charge in [-0.25, -0.2) is 4.79 Å². The molecule has 1 aromatic heterocycles. The molecule has 1 unspecified atom stereocenters. The zero-order valence-corrected chi connectivity index (χ0v) is 11.4. The number of alkyl halides is 3. The Bertz CT molecular complexity index is 434. The lowest BCUT2D eigenvalue weighted by Crippen LogP contribution is -2.45. The van der Waals surface area contributed by atoms with Gasteiger partial charge in [0.1, 0.15) is 6.54 Å². The van der Waals surface area contributed by atoms with E-state index in [2.05, 4.69) is 0 Å². The minimum absolute atomic E-state index is 0.574. The summed E-state index contributed by atoms with van der Waals surface area (Å²) in [5.41, 5.74) is 0. The van der Waals surface area contributed by atoms with Crippen LogP contribution < -0.4 is 10.6 Å². The summed E-state index contributed by atoms with van der Waals surface area (Å²) in [5.74, 6) is -0.641. The Kier molecular flexibility index (Phi) is 5.67. The molecule has 0 radical (unpaired) electrons. The number of imide groups is 1. The third-order valence-corrected chi connectivity index (χ3v) is 4.02. The molecule has 1 aromatic rings. The predicted molar refractivity (Wildman–Crippen MR) is 67.2 cm³/mol. The van der Waals surface area contributed by atoms with Crippen LogP contribution in [0.25, 0.3) is 0 Å². The zero-order valence-electron chi connectivity index (χ0n) is 9.78. The Morgan fingerprint density at radius 3 is 2.68 bits per heavy atom. The van der Waals surface area contributed by atoms with E-state index < -0.39 is 29.9 Å². The molecule has 0 spiro atoms. The van der Waals surface area contributed by atoms with Crippen LogP contribution in [0.2, 0.25) is 0 Å². The van der Waals surface area contributed by atoms with Crippen molar-refractivity contribution in [1.29, 1.82) is 0 Å². The Labute approximate surface area is 115 Å². The van der Waals surface area contributed by atoms with Crippen molar-refractivity contribution in [3.63, 3.8) is 0 Å². The van der Waals surface area contributed by atoms with Crippen LogP contribution in [-0.2, 0) is 4.79 Å². The van der Waals surface area contributed by atoms with Gasteiger partial charge in [-0.05, 0) is 18.4 Å². The molecule has 0 saturated carbocycles. The van der Waals surface area contributed by atoms with E-state index in [1.54, 1.807) is 12.2 Å². The van der Waals surface area contributed by atoms with Gasteiger partial charge < -0.3 is 5.32 Å². The van der Waals surface area contributed by atoms with E-state index in [1.165, 1.54) is 23.1 Å².